The van der Waals surface area contributed by atoms with Crippen molar-refractivity contribution in [3.8, 4) is 11.6 Å². The molecule has 0 N–H and O–H groups in total. The summed E-state index contributed by atoms with van der Waals surface area (Å²) in [6.07, 6.45) is 3.55. The number of pyridine rings is 1. The normalized spacial score (nSPS) is 13.2. The molecule has 0 saturated heterocycles. The standard InChI is InChI=1S/C15H10FN3O2/c16-9-1-3-10(4-2-9)19-14-12(17-6-7-18-14)13(20)11-5-8-21-15(11)19/h1-4,6-7H,5,8H2. The zero-order valence-corrected chi connectivity index (χ0v) is 10.9. The van der Waals surface area contributed by atoms with Crippen molar-refractivity contribution in [1.82, 2.24) is 14.5 Å². The van der Waals surface area contributed by atoms with Gasteiger partial charge in [0.2, 0.25) is 11.3 Å². The molecule has 6 heteroatoms. The molecule has 1 aliphatic rings. The minimum absolute atomic E-state index is 0.149. The lowest BCUT2D eigenvalue weighted by molar-refractivity contribution is 0.338. The molecule has 0 atom stereocenters. The lowest BCUT2D eigenvalue weighted by Gasteiger charge is -2.14. The predicted octanol–water partition coefficient (Wildman–Crippen LogP) is 1.85. The number of halogens is 1. The number of ether oxygens (including phenoxy) is 1. The smallest absolute Gasteiger partial charge is 0.216 e. The third kappa shape index (κ3) is 1.72. The predicted molar refractivity (Wildman–Crippen MR) is 74.3 cm³/mol. The zero-order valence-electron chi connectivity index (χ0n) is 10.9. The minimum atomic E-state index is -0.326. The fraction of sp³-hybridized carbons (Fsp3) is 0.133. The number of nitrogens with zero attached hydrogens (tertiary/aromatic N) is 3. The van der Waals surface area contributed by atoms with E-state index in [-0.39, 0.29) is 11.2 Å². The van der Waals surface area contributed by atoms with Crippen molar-refractivity contribution in [2.75, 3.05) is 6.61 Å². The zero-order chi connectivity index (χ0) is 14.4. The van der Waals surface area contributed by atoms with E-state index in [1.807, 2.05) is 0 Å². The Morgan fingerprint density at radius 3 is 2.71 bits per heavy atom. The number of aromatic nitrogens is 3. The van der Waals surface area contributed by atoms with Crippen molar-refractivity contribution in [3.05, 3.63) is 58.3 Å². The van der Waals surface area contributed by atoms with Gasteiger partial charge in [0.15, 0.2) is 11.2 Å². The molecule has 3 aromatic rings. The number of fused-ring (bicyclic) bond motifs is 2. The molecule has 0 saturated carbocycles. The average molecular weight is 283 g/mol. The second-order valence-corrected chi connectivity index (χ2v) is 4.75. The Morgan fingerprint density at radius 1 is 1.14 bits per heavy atom. The van der Waals surface area contributed by atoms with Crippen molar-refractivity contribution < 1.29 is 9.13 Å². The molecule has 2 aromatic heterocycles. The second-order valence-electron chi connectivity index (χ2n) is 4.75. The molecular formula is C15H10FN3O2. The molecular weight excluding hydrogens is 273 g/mol. The molecule has 0 amide bonds. The lowest BCUT2D eigenvalue weighted by Crippen LogP contribution is -2.15. The van der Waals surface area contributed by atoms with Crippen LogP contribution in [0, 0.1) is 5.82 Å². The van der Waals surface area contributed by atoms with Crippen LogP contribution in [0.3, 0.4) is 0 Å². The van der Waals surface area contributed by atoms with E-state index < -0.39 is 0 Å². The fourth-order valence-electron chi connectivity index (χ4n) is 2.58. The highest BCUT2D eigenvalue weighted by atomic mass is 19.1. The van der Waals surface area contributed by atoms with Gasteiger partial charge in [-0.25, -0.2) is 14.4 Å². The Bertz CT molecular complexity index is 903. The van der Waals surface area contributed by atoms with E-state index in [0.717, 1.165) is 0 Å². The molecule has 5 nitrogen and oxygen atoms in total. The monoisotopic (exact) mass is 283 g/mol. The maximum atomic E-state index is 13.1. The maximum absolute atomic E-state index is 13.1. The second kappa shape index (κ2) is 4.37. The van der Waals surface area contributed by atoms with Crippen LogP contribution in [0.25, 0.3) is 16.9 Å². The number of hydrogen-bond acceptors (Lipinski definition) is 4. The summed E-state index contributed by atoms with van der Waals surface area (Å²) >= 11 is 0. The Balaban J connectivity index is 2.15. The van der Waals surface area contributed by atoms with Crippen molar-refractivity contribution in [2.24, 2.45) is 0 Å². The molecule has 0 bridgehead atoms. The first-order valence-electron chi connectivity index (χ1n) is 6.53. The molecule has 0 fully saturated rings. The Hall–Kier alpha value is -2.76. The van der Waals surface area contributed by atoms with Crippen molar-refractivity contribution in [2.45, 2.75) is 6.42 Å². The topological polar surface area (TPSA) is 57.0 Å². The first-order chi connectivity index (χ1) is 10.3. The molecule has 3 heterocycles. The van der Waals surface area contributed by atoms with Crippen molar-refractivity contribution in [1.29, 1.82) is 0 Å². The van der Waals surface area contributed by atoms with Crippen LogP contribution in [0.1, 0.15) is 5.56 Å². The summed E-state index contributed by atoms with van der Waals surface area (Å²) in [7, 11) is 0. The number of hydrogen-bond donors (Lipinski definition) is 0. The lowest BCUT2D eigenvalue weighted by atomic mass is 10.2. The third-order valence-corrected chi connectivity index (χ3v) is 3.52. The van der Waals surface area contributed by atoms with Gasteiger partial charge in [0, 0.05) is 18.8 Å². The van der Waals surface area contributed by atoms with Crippen LogP contribution in [0.5, 0.6) is 5.88 Å². The highest BCUT2D eigenvalue weighted by Gasteiger charge is 2.24. The summed E-state index contributed by atoms with van der Waals surface area (Å²) in [5, 5.41) is 0. The van der Waals surface area contributed by atoms with Gasteiger partial charge in [-0.1, -0.05) is 0 Å². The van der Waals surface area contributed by atoms with E-state index in [2.05, 4.69) is 9.97 Å². The van der Waals surface area contributed by atoms with Crippen LogP contribution < -0.4 is 10.2 Å². The molecule has 104 valence electrons. The van der Waals surface area contributed by atoms with Crippen LogP contribution in [-0.2, 0) is 6.42 Å². The molecule has 21 heavy (non-hydrogen) atoms. The molecule has 1 aromatic carbocycles. The summed E-state index contributed by atoms with van der Waals surface area (Å²) in [6, 6.07) is 5.96. The van der Waals surface area contributed by atoms with Gasteiger partial charge >= 0.3 is 0 Å². The first-order valence-corrected chi connectivity index (χ1v) is 6.53. The minimum Gasteiger partial charge on any atom is -0.478 e. The van der Waals surface area contributed by atoms with Crippen LogP contribution in [0.4, 0.5) is 4.39 Å². The summed E-state index contributed by atoms with van der Waals surface area (Å²) < 4.78 is 20.5. The van der Waals surface area contributed by atoms with Gasteiger partial charge in [-0.15, -0.1) is 0 Å². The highest BCUT2D eigenvalue weighted by molar-refractivity contribution is 5.75. The SMILES string of the molecule is O=c1c2c(n(-c3ccc(F)cc3)c3nccnc13)OCC2. The van der Waals surface area contributed by atoms with Crippen LogP contribution in [0.15, 0.2) is 41.5 Å². The fourth-order valence-corrected chi connectivity index (χ4v) is 2.58. The van der Waals surface area contributed by atoms with Crippen LogP contribution in [-0.4, -0.2) is 21.1 Å². The third-order valence-electron chi connectivity index (χ3n) is 3.52. The van der Waals surface area contributed by atoms with E-state index in [9.17, 15) is 9.18 Å². The van der Waals surface area contributed by atoms with E-state index in [1.54, 1.807) is 16.7 Å². The van der Waals surface area contributed by atoms with E-state index in [1.165, 1.54) is 24.5 Å². The Labute approximate surface area is 118 Å². The van der Waals surface area contributed by atoms with E-state index in [0.29, 0.717) is 41.3 Å². The van der Waals surface area contributed by atoms with Crippen LogP contribution in [0.2, 0.25) is 0 Å². The van der Waals surface area contributed by atoms with Crippen molar-refractivity contribution >= 4 is 11.2 Å². The van der Waals surface area contributed by atoms with Gasteiger partial charge in [-0.3, -0.25) is 9.36 Å². The summed E-state index contributed by atoms with van der Waals surface area (Å²) in [5.74, 6) is 0.146. The summed E-state index contributed by atoms with van der Waals surface area (Å²) in [6.45, 7) is 0.447. The number of rotatable bonds is 1. The first kappa shape index (κ1) is 12.0. The van der Waals surface area contributed by atoms with E-state index in [4.69, 9.17) is 4.74 Å². The molecule has 0 unspecified atom stereocenters. The number of benzene rings is 1. The molecule has 0 radical (unpaired) electrons. The summed E-state index contributed by atoms with van der Waals surface area (Å²) in [5.41, 5.74) is 1.83. The maximum Gasteiger partial charge on any atom is 0.216 e. The van der Waals surface area contributed by atoms with Gasteiger partial charge < -0.3 is 4.74 Å². The summed E-state index contributed by atoms with van der Waals surface area (Å²) in [4.78, 5) is 20.8. The molecule has 4 rings (SSSR count). The van der Waals surface area contributed by atoms with Gasteiger partial charge in [-0.2, -0.15) is 0 Å². The van der Waals surface area contributed by atoms with Gasteiger partial charge in [0.1, 0.15) is 5.82 Å². The van der Waals surface area contributed by atoms with Gasteiger partial charge in [-0.05, 0) is 24.3 Å². The molecule has 0 aliphatic carbocycles. The average Bonchev–Trinajstić information content (AvgIpc) is 2.99. The Kier molecular flexibility index (Phi) is 2.50. The van der Waals surface area contributed by atoms with Crippen molar-refractivity contribution in [3.63, 3.8) is 0 Å². The van der Waals surface area contributed by atoms with Gasteiger partial charge in [0.25, 0.3) is 0 Å². The van der Waals surface area contributed by atoms with Gasteiger partial charge in [0.05, 0.1) is 17.9 Å². The Morgan fingerprint density at radius 2 is 1.90 bits per heavy atom. The quantitative estimate of drug-likeness (QED) is 0.684. The largest absolute Gasteiger partial charge is 0.478 e. The molecule has 1 aliphatic heterocycles. The van der Waals surface area contributed by atoms with E-state index >= 15 is 0 Å². The van der Waals surface area contributed by atoms with Crippen LogP contribution >= 0.6 is 0 Å². The highest BCUT2D eigenvalue weighted by Crippen LogP contribution is 2.29. The molecule has 0 spiro atoms.